The summed E-state index contributed by atoms with van der Waals surface area (Å²) in [7, 11) is 0. The lowest BCUT2D eigenvalue weighted by atomic mass is 10.1. The van der Waals surface area contributed by atoms with E-state index in [4.69, 9.17) is 9.15 Å². The van der Waals surface area contributed by atoms with Crippen molar-refractivity contribution in [2.75, 3.05) is 13.2 Å². The lowest BCUT2D eigenvalue weighted by molar-refractivity contribution is 0.189. The van der Waals surface area contributed by atoms with Crippen LogP contribution in [-0.2, 0) is 0 Å². The van der Waals surface area contributed by atoms with E-state index in [1.54, 1.807) is 30.3 Å². The number of aliphatic hydroxyl groups is 1. The number of aromatic hydroxyl groups is 1. The van der Waals surface area contributed by atoms with Crippen LogP contribution in [0.25, 0.3) is 0 Å². The Balaban J connectivity index is 1.99. The van der Waals surface area contributed by atoms with Crippen molar-refractivity contribution < 1.29 is 19.4 Å². The highest BCUT2D eigenvalue weighted by atomic mass is 79.9. The molecular formula is C13H13BrO4. The molecule has 0 aliphatic rings. The Morgan fingerprint density at radius 2 is 2.11 bits per heavy atom. The molecule has 1 aromatic heterocycles. The maximum Gasteiger partial charge on any atom is 0.169 e. The van der Waals surface area contributed by atoms with Gasteiger partial charge in [0.15, 0.2) is 4.67 Å². The van der Waals surface area contributed by atoms with E-state index in [0.29, 0.717) is 16.2 Å². The lowest BCUT2D eigenvalue weighted by Gasteiger charge is -2.13. The molecule has 0 fully saturated rings. The monoisotopic (exact) mass is 312 g/mol. The van der Waals surface area contributed by atoms with Crippen LogP contribution < -0.4 is 4.74 Å². The summed E-state index contributed by atoms with van der Waals surface area (Å²) in [6.45, 7) is 0.207. The Kier molecular flexibility index (Phi) is 4.28. The molecule has 2 N–H and O–H groups in total. The van der Waals surface area contributed by atoms with Gasteiger partial charge in [0.2, 0.25) is 0 Å². The fraction of sp³-hybridized carbons (Fsp3) is 0.231. The van der Waals surface area contributed by atoms with Gasteiger partial charge in [-0.1, -0.05) is 6.07 Å². The van der Waals surface area contributed by atoms with E-state index in [2.05, 4.69) is 15.9 Å². The van der Waals surface area contributed by atoms with Gasteiger partial charge >= 0.3 is 0 Å². The maximum atomic E-state index is 9.32. The summed E-state index contributed by atoms with van der Waals surface area (Å²) in [4.78, 5) is 0. The Labute approximate surface area is 113 Å². The summed E-state index contributed by atoms with van der Waals surface area (Å²) in [5.74, 6) is 1.12. The minimum Gasteiger partial charge on any atom is -0.508 e. The minimum absolute atomic E-state index is 0.0707. The second kappa shape index (κ2) is 5.93. The molecular weight excluding hydrogens is 300 g/mol. The molecule has 5 heteroatoms. The zero-order chi connectivity index (χ0) is 13.0. The fourth-order valence-electron chi connectivity index (χ4n) is 1.54. The number of phenols is 1. The summed E-state index contributed by atoms with van der Waals surface area (Å²) < 4.78 is 11.5. The highest BCUT2D eigenvalue weighted by Gasteiger charge is 2.15. The highest BCUT2D eigenvalue weighted by molar-refractivity contribution is 9.10. The second-order valence-corrected chi connectivity index (χ2v) is 4.61. The van der Waals surface area contributed by atoms with E-state index in [0.717, 1.165) is 0 Å². The summed E-state index contributed by atoms with van der Waals surface area (Å²) in [6.07, 6.45) is 0. The molecule has 2 aromatic rings. The molecule has 0 aliphatic carbocycles. The number of rotatable bonds is 5. The molecule has 0 amide bonds. The number of phenolic OH excluding ortho intramolecular Hbond substituents is 1. The first-order chi connectivity index (χ1) is 8.69. The number of hydrogen-bond acceptors (Lipinski definition) is 4. The third kappa shape index (κ3) is 3.27. The summed E-state index contributed by atoms with van der Waals surface area (Å²) in [5, 5.41) is 18.6. The summed E-state index contributed by atoms with van der Waals surface area (Å²) in [6, 6.07) is 10.1. The van der Waals surface area contributed by atoms with E-state index in [1.807, 2.05) is 0 Å². The number of halogens is 1. The quantitative estimate of drug-likeness (QED) is 0.891. The van der Waals surface area contributed by atoms with Gasteiger partial charge in [0.25, 0.3) is 0 Å². The van der Waals surface area contributed by atoms with Gasteiger partial charge in [0, 0.05) is 6.07 Å². The van der Waals surface area contributed by atoms with Crippen molar-refractivity contribution in [1.29, 1.82) is 0 Å². The van der Waals surface area contributed by atoms with Crippen LogP contribution >= 0.6 is 15.9 Å². The predicted molar refractivity (Wildman–Crippen MR) is 69.8 cm³/mol. The first-order valence-corrected chi connectivity index (χ1v) is 6.26. The average molecular weight is 313 g/mol. The van der Waals surface area contributed by atoms with Crippen LogP contribution in [0.1, 0.15) is 11.7 Å². The van der Waals surface area contributed by atoms with Gasteiger partial charge in [-0.25, -0.2) is 0 Å². The van der Waals surface area contributed by atoms with Crippen LogP contribution in [-0.4, -0.2) is 23.4 Å². The number of benzene rings is 1. The van der Waals surface area contributed by atoms with Gasteiger partial charge < -0.3 is 19.4 Å². The van der Waals surface area contributed by atoms with Gasteiger partial charge in [0.05, 0.1) is 12.5 Å². The smallest absolute Gasteiger partial charge is 0.169 e. The lowest BCUT2D eigenvalue weighted by Crippen LogP contribution is -2.13. The Morgan fingerprint density at radius 3 is 2.72 bits per heavy atom. The first-order valence-electron chi connectivity index (χ1n) is 5.47. The summed E-state index contributed by atoms with van der Waals surface area (Å²) >= 11 is 3.21. The SMILES string of the molecule is OCC(COc1cccc(O)c1)c1ccc(Br)o1. The fourth-order valence-corrected chi connectivity index (χ4v) is 1.86. The van der Waals surface area contributed by atoms with Gasteiger partial charge in [-0.3, -0.25) is 0 Å². The maximum absolute atomic E-state index is 9.32. The molecule has 0 radical (unpaired) electrons. The standard InChI is InChI=1S/C13H13BrO4/c14-13-5-4-12(18-13)9(7-15)8-17-11-3-1-2-10(16)6-11/h1-6,9,15-16H,7-8H2. The molecule has 1 aromatic carbocycles. The van der Waals surface area contributed by atoms with Gasteiger partial charge in [-0.15, -0.1) is 0 Å². The van der Waals surface area contributed by atoms with Crippen LogP contribution in [0.4, 0.5) is 0 Å². The van der Waals surface area contributed by atoms with Crippen molar-refractivity contribution in [3.63, 3.8) is 0 Å². The summed E-state index contributed by atoms with van der Waals surface area (Å²) in [5.41, 5.74) is 0. The van der Waals surface area contributed by atoms with Crippen LogP contribution in [0.3, 0.4) is 0 Å². The van der Waals surface area contributed by atoms with Gasteiger partial charge in [0.1, 0.15) is 23.9 Å². The number of aliphatic hydroxyl groups excluding tert-OH is 1. The molecule has 0 spiro atoms. The van der Waals surface area contributed by atoms with Gasteiger partial charge in [-0.05, 0) is 40.2 Å². The highest BCUT2D eigenvalue weighted by Crippen LogP contribution is 2.24. The normalized spacial score (nSPS) is 12.3. The van der Waals surface area contributed by atoms with E-state index < -0.39 is 0 Å². The van der Waals surface area contributed by atoms with Gasteiger partial charge in [-0.2, -0.15) is 0 Å². The Hall–Kier alpha value is -1.46. The molecule has 0 saturated heterocycles. The second-order valence-electron chi connectivity index (χ2n) is 3.83. The molecule has 0 saturated carbocycles. The van der Waals surface area contributed by atoms with Crippen molar-refractivity contribution in [3.05, 3.63) is 46.8 Å². The zero-order valence-corrected chi connectivity index (χ0v) is 11.1. The predicted octanol–water partition coefficient (Wildman–Crippen LogP) is 2.90. The van der Waals surface area contributed by atoms with Crippen LogP contribution in [0.5, 0.6) is 11.5 Å². The number of ether oxygens (including phenoxy) is 1. The molecule has 0 aliphatic heterocycles. The van der Waals surface area contributed by atoms with Crippen LogP contribution in [0.2, 0.25) is 0 Å². The molecule has 18 heavy (non-hydrogen) atoms. The van der Waals surface area contributed by atoms with Crippen LogP contribution in [0, 0.1) is 0 Å². The molecule has 0 bridgehead atoms. The number of furan rings is 1. The zero-order valence-electron chi connectivity index (χ0n) is 9.54. The molecule has 2 rings (SSSR count). The Morgan fingerprint density at radius 1 is 1.28 bits per heavy atom. The molecule has 1 unspecified atom stereocenters. The van der Waals surface area contributed by atoms with Crippen LogP contribution in [0.15, 0.2) is 45.5 Å². The van der Waals surface area contributed by atoms with Crippen molar-refractivity contribution in [3.8, 4) is 11.5 Å². The number of hydrogen-bond donors (Lipinski definition) is 2. The van der Waals surface area contributed by atoms with E-state index in [-0.39, 0.29) is 24.9 Å². The van der Waals surface area contributed by atoms with Crippen molar-refractivity contribution >= 4 is 15.9 Å². The molecule has 1 atom stereocenters. The van der Waals surface area contributed by atoms with Crippen molar-refractivity contribution in [2.45, 2.75) is 5.92 Å². The molecule has 1 heterocycles. The van der Waals surface area contributed by atoms with E-state index >= 15 is 0 Å². The van der Waals surface area contributed by atoms with Crippen molar-refractivity contribution in [2.24, 2.45) is 0 Å². The van der Waals surface area contributed by atoms with E-state index in [1.165, 1.54) is 6.07 Å². The van der Waals surface area contributed by atoms with E-state index in [9.17, 15) is 10.2 Å². The first kappa shape index (κ1) is 13.0. The third-order valence-corrected chi connectivity index (χ3v) is 2.91. The Bertz CT molecular complexity index is 509. The average Bonchev–Trinajstić information content (AvgIpc) is 2.77. The van der Waals surface area contributed by atoms with Crippen molar-refractivity contribution in [1.82, 2.24) is 0 Å². The molecule has 4 nitrogen and oxygen atoms in total. The molecule has 96 valence electrons. The largest absolute Gasteiger partial charge is 0.508 e. The topological polar surface area (TPSA) is 62.8 Å². The minimum atomic E-state index is -0.237. The third-order valence-electron chi connectivity index (χ3n) is 2.49.